The van der Waals surface area contributed by atoms with Crippen molar-refractivity contribution in [3.63, 3.8) is 0 Å². The highest BCUT2D eigenvalue weighted by molar-refractivity contribution is 5.94. The van der Waals surface area contributed by atoms with Gasteiger partial charge in [0.1, 0.15) is 5.69 Å². The molecule has 3 N–H and O–H groups in total. The smallest absolute Gasteiger partial charge is 0.270 e. The summed E-state index contributed by atoms with van der Waals surface area (Å²) < 4.78 is 0. The molecule has 0 saturated carbocycles. The van der Waals surface area contributed by atoms with Gasteiger partial charge in [-0.2, -0.15) is 0 Å². The van der Waals surface area contributed by atoms with Crippen molar-refractivity contribution in [1.82, 2.24) is 15.6 Å². The third-order valence-corrected chi connectivity index (χ3v) is 2.32. The molecule has 0 unspecified atom stereocenters. The number of rotatable bonds is 5. The van der Waals surface area contributed by atoms with Crippen LogP contribution in [0.3, 0.4) is 0 Å². The van der Waals surface area contributed by atoms with E-state index < -0.39 is 5.91 Å². The predicted octanol–water partition coefficient (Wildman–Crippen LogP) is 0.0699. The summed E-state index contributed by atoms with van der Waals surface area (Å²) in [6.45, 7) is 3.62. The van der Waals surface area contributed by atoms with Crippen LogP contribution >= 0.6 is 0 Å². The molecular weight excluding hydrogens is 270 g/mol. The van der Waals surface area contributed by atoms with Crippen LogP contribution in [0.5, 0.6) is 0 Å². The number of aliphatic hydroxyl groups excluding tert-OH is 1. The minimum Gasteiger partial charge on any atom is -0.395 e. The number of nitrogens with zero attached hydrogens (tertiary/aromatic N) is 1. The summed E-state index contributed by atoms with van der Waals surface area (Å²) in [6, 6.07) is 3.24. The highest BCUT2D eigenvalue weighted by Gasteiger charge is 2.09. The van der Waals surface area contributed by atoms with Crippen LogP contribution in [0, 0.1) is 11.8 Å². The first kappa shape index (κ1) is 16.7. The van der Waals surface area contributed by atoms with Gasteiger partial charge in [-0.15, -0.1) is 0 Å². The minimum atomic E-state index is -0.413. The van der Waals surface area contributed by atoms with Crippen LogP contribution in [0.25, 0.3) is 0 Å². The Kier molecular flexibility index (Phi) is 6.92. The molecule has 0 spiro atoms. The number of hydrogen-bond donors (Lipinski definition) is 3. The molecule has 0 aliphatic carbocycles. The van der Waals surface area contributed by atoms with Gasteiger partial charge in [0.2, 0.25) is 5.91 Å². The molecule has 6 heteroatoms. The van der Waals surface area contributed by atoms with Gasteiger partial charge in [-0.1, -0.05) is 11.8 Å². The lowest BCUT2D eigenvalue weighted by molar-refractivity contribution is -0.120. The van der Waals surface area contributed by atoms with Crippen LogP contribution in [-0.4, -0.2) is 41.1 Å². The lowest BCUT2D eigenvalue weighted by Crippen LogP contribution is -2.40. The summed E-state index contributed by atoms with van der Waals surface area (Å²) >= 11 is 0. The zero-order valence-electron chi connectivity index (χ0n) is 12.1. The summed E-state index contributed by atoms with van der Waals surface area (Å²) in [5.74, 6) is 4.92. The second kappa shape index (κ2) is 8.72. The third kappa shape index (κ3) is 6.54. The van der Waals surface area contributed by atoms with E-state index in [1.54, 1.807) is 12.1 Å². The molecule has 1 rings (SSSR count). The zero-order chi connectivity index (χ0) is 15.7. The molecule has 1 heterocycles. The fourth-order valence-electron chi connectivity index (χ4n) is 1.45. The van der Waals surface area contributed by atoms with Gasteiger partial charge in [0.05, 0.1) is 13.2 Å². The Morgan fingerprint density at radius 3 is 2.71 bits per heavy atom. The van der Waals surface area contributed by atoms with Gasteiger partial charge in [0.15, 0.2) is 0 Å². The summed E-state index contributed by atoms with van der Waals surface area (Å²) in [6.07, 6.45) is 1.88. The minimum absolute atomic E-state index is 0.0133. The fourth-order valence-corrected chi connectivity index (χ4v) is 1.45. The molecule has 0 aromatic carbocycles. The van der Waals surface area contributed by atoms with Crippen LogP contribution in [0.15, 0.2) is 18.3 Å². The Morgan fingerprint density at radius 2 is 2.14 bits per heavy atom. The van der Waals surface area contributed by atoms with Crippen molar-refractivity contribution < 1.29 is 14.7 Å². The number of amides is 2. The molecule has 0 fully saturated rings. The Balaban J connectivity index is 2.52. The average molecular weight is 289 g/mol. The maximum Gasteiger partial charge on any atom is 0.270 e. The highest BCUT2D eigenvalue weighted by atomic mass is 16.2. The van der Waals surface area contributed by atoms with E-state index in [0.717, 1.165) is 0 Å². The van der Waals surface area contributed by atoms with Crippen LogP contribution in [0.1, 0.15) is 36.3 Å². The number of hydrogen-bond acceptors (Lipinski definition) is 4. The number of nitrogens with one attached hydrogen (secondary N) is 2. The van der Waals surface area contributed by atoms with E-state index in [4.69, 9.17) is 5.11 Å². The first-order valence-corrected chi connectivity index (χ1v) is 6.66. The first-order chi connectivity index (χ1) is 10.0. The quantitative estimate of drug-likeness (QED) is 0.669. The van der Waals surface area contributed by atoms with Crippen molar-refractivity contribution in [3.8, 4) is 11.8 Å². The van der Waals surface area contributed by atoms with E-state index in [2.05, 4.69) is 27.5 Å². The van der Waals surface area contributed by atoms with Crippen LogP contribution in [-0.2, 0) is 4.79 Å². The van der Waals surface area contributed by atoms with Crippen molar-refractivity contribution >= 4 is 11.8 Å². The molecule has 2 amide bonds. The first-order valence-electron chi connectivity index (χ1n) is 6.66. The van der Waals surface area contributed by atoms with Crippen LogP contribution < -0.4 is 10.6 Å². The Bertz CT molecular complexity index is 542. The van der Waals surface area contributed by atoms with E-state index in [-0.39, 0.29) is 30.8 Å². The van der Waals surface area contributed by atoms with Crippen LogP contribution in [0.2, 0.25) is 0 Å². The summed E-state index contributed by atoms with van der Waals surface area (Å²) in [5, 5.41) is 13.8. The molecule has 0 atom stereocenters. The zero-order valence-corrected chi connectivity index (χ0v) is 12.1. The third-order valence-electron chi connectivity index (χ3n) is 2.32. The molecule has 0 aliphatic heterocycles. The summed E-state index contributed by atoms with van der Waals surface area (Å²) in [4.78, 5) is 27.2. The van der Waals surface area contributed by atoms with Gasteiger partial charge in [0, 0.05) is 24.2 Å². The van der Waals surface area contributed by atoms with Crippen molar-refractivity contribution in [1.29, 1.82) is 0 Å². The molecule has 21 heavy (non-hydrogen) atoms. The Hall–Kier alpha value is -2.39. The monoisotopic (exact) mass is 289 g/mol. The molecule has 0 bridgehead atoms. The molecule has 1 aromatic heterocycles. The van der Waals surface area contributed by atoms with E-state index in [1.165, 1.54) is 6.20 Å². The van der Waals surface area contributed by atoms with E-state index in [0.29, 0.717) is 12.0 Å². The molecule has 6 nitrogen and oxygen atoms in total. The van der Waals surface area contributed by atoms with Gasteiger partial charge < -0.3 is 15.7 Å². The second-order valence-electron chi connectivity index (χ2n) is 4.61. The summed E-state index contributed by atoms with van der Waals surface area (Å²) in [5.41, 5.74) is 0.887. The maximum absolute atomic E-state index is 11.8. The lowest BCUT2D eigenvalue weighted by Gasteiger charge is -2.08. The molecule has 0 saturated heterocycles. The van der Waals surface area contributed by atoms with Gasteiger partial charge >= 0.3 is 0 Å². The fraction of sp³-hybridized carbons (Fsp3) is 0.400. The maximum atomic E-state index is 11.8. The van der Waals surface area contributed by atoms with E-state index >= 15 is 0 Å². The van der Waals surface area contributed by atoms with Crippen molar-refractivity contribution in [2.45, 2.75) is 26.3 Å². The average Bonchev–Trinajstić information content (AvgIpc) is 2.45. The van der Waals surface area contributed by atoms with Crippen molar-refractivity contribution in [2.75, 3.05) is 13.2 Å². The Labute approximate surface area is 124 Å². The van der Waals surface area contributed by atoms with E-state index in [9.17, 15) is 9.59 Å². The van der Waals surface area contributed by atoms with Gasteiger partial charge in [0.25, 0.3) is 5.91 Å². The number of aliphatic hydroxyl groups is 1. The van der Waals surface area contributed by atoms with E-state index in [1.807, 2.05) is 13.8 Å². The molecule has 0 radical (unpaired) electrons. The highest BCUT2D eigenvalue weighted by Crippen LogP contribution is 1.99. The Morgan fingerprint density at radius 1 is 1.38 bits per heavy atom. The lowest BCUT2D eigenvalue weighted by atomic mass is 10.2. The number of pyridine rings is 1. The number of carbonyl (C=O) groups excluding carboxylic acids is 2. The van der Waals surface area contributed by atoms with Gasteiger partial charge in [-0.25, -0.2) is 4.98 Å². The predicted molar refractivity (Wildman–Crippen MR) is 78.4 cm³/mol. The second-order valence-corrected chi connectivity index (χ2v) is 4.61. The van der Waals surface area contributed by atoms with Gasteiger partial charge in [-0.05, 0) is 26.0 Å². The number of carbonyl (C=O) groups is 2. The topological polar surface area (TPSA) is 91.3 Å². The largest absolute Gasteiger partial charge is 0.395 e. The summed E-state index contributed by atoms with van der Waals surface area (Å²) in [7, 11) is 0. The SMILES string of the molecule is CC(C)NC(=O)CNC(=O)c1ccc(C#CCCO)cn1. The molecular formula is C15H19N3O3. The number of aromatic nitrogens is 1. The standard InChI is InChI=1S/C15H19N3O3/c1-11(2)18-14(20)10-17-15(21)13-7-6-12(9-16-13)5-3-4-8-19/h6-7,9,11,19H,4,8,10H2,1-2H3,(H,17,21)(H,18,20). The van der Waals surface area contributed by atoms with Crippen molar-refractivity contribution in [2.24, 2.45) is 0 Å². The normalized spacial score (nSPS) is 9.71. The van der Waals surface area contributed by atoms with Crippen LogP contribution in [0.4, 0.5) is 0 Å². The molecule has 1 aromatic rings. The van der Waals surface area contributed by atoms with Gasteiger partial charge in [-0.3, -0.25) is 9.59 Å². The molecule has 112 valence electrons. The van der Waals surface area contributed by atoms with Crippen molar-refractivity contribution in [3.05, 3.63) is 29.6 Å². The molecule has 0 aliphatic rings.